The number of hydrogen-bond acceptors (Lipinski definition) is 0. The van der Waals surface area contributed by atoms with E-state index in [0.717, 1.165) is 9.52 Å². The zero-order valence-corrected chi connectivity index (χ0v) is 36.3. The van der Waals surface area contributed by atoms with E-state index < -0.39 is 20.8 Å². The van der Waals surface area contributed by atoms with Gasteiger partial charge in [0.05, 0.1) is 0 Å². The Morgan fingerprint density at radius 1 is 0.660 bits per heavy atom. The molecule has 0 amide bonds. The summed E-state index contributed by atoms with van der Waals surface area (Å²) in [5, 5.41) is 8.11. The molecule has 0 aliphatic rings. The first-order valence-corrected chi connectivity index (χ1v) is 25.7. The molecule has 0 bridgehead atoms. The van der Waals surface area contributed by atoms with Gasteiger partial charge in [0.1, 0.15) is 0 Å². The monoisotopic (exact) mass is 790 g/mol. The number of fused-ring (bicyclic) bond motifs is 3. The van der Waals surface area contributed by atoms with Crippen LogP contribution in [0.2, 0.25) is 13.1 Å². The second kappa shape index (κ2) is 18.1. The predicted octanol–water partition coefficient (Wildman–Crippen LogP) is 15.1. The van der Waals surface area contributed by atoms with Crippen molar-refractivity contribution in [2.24, 2.45) is 0 Å². The average Bonchev–Trinajstić information content (AvgIpc) is 3.70. The van der Waals surface area contributed by atoms with Crippen molar-refractivity contribution in [1.29, 1.82) is 0 Å². The third kappa shape index (κ3) is 9.57. The van der Waals surface area contributed by atoms with Crippen LogP contribution in [0.15, 0.2) is 115 Å². The molecule has 0 saturated heterocycles. The molecular formula is C46H50Cl2SiZr. The van der Waals surface area contributed by atoms with Gasteiger partial charge < -0.3 is 0 Å². The Labute approximate surface area is 322 Å². The van der Waals surface area contributed by atoms with Gasteiger partial charge in [-0.3, -0.25) is 0 Å². The Morgan fingerprint density at radius 3 is 1.90 bits per heavy atom. The Hall–Kier alpha value is -2.74. The van der Waals surface area contributed by atoms with Crippen LogP contribution in [0.3, 0.4) is 0 Å². The SMILES string of the molecule is CC(C)c1cc2c(-c3ccc(C(C)(C)C)cc3)cccc2[cH-]1.C[Si]C.Cc1cc2c(-c3cccc4ccccc34)c(C)cc(C)c2[cH-]1.[Cl][Zr+2][Cl]. The number of rotatable bonds is 3. The number of benzene rings is 5. The van der Waals surface area contributed by atoms with Crippen molar-refractivity contribution in [2.75, 3.05) is 0 Å². The summed E-state index contributed by atoms with van der Waals surface area (Å²) in [6.07, 6.45) is 0. The van der Waals surface area contributed by atoms with Crippen molar-refractivity contribution in [3.63, 3.8) is 0 Å². The molecule has 7 rings (SSSR count). The Bertz CT molecular complexity index is 2130. The summed E-state index contributed by atoms with van der Waals surface area (Å²) >= 11 is -0.826. The summed E-state index contributed by atoms with van der Waals surface area (Å²) in [6.45, 7) is 22.2. The van der Waals surface area contributed by atoms with E-state index in [2.05, 4.69) is 184 Å². The van der Waals surface area contributed by atoms with Gasteiger partial charge >= 0.3 is 37.9 Å². The fourth-order valence-electron chi connectivity index (χ4n) is 6.67. The molecule has 0 fully saturated rings. The Morgan fingerprint density at radius 2 is 1.26 bits per heavy atom. The fraction of sp³-hybridized carbons (Fsp3) is 0.261. The fourth-order valence-corrected chi connectivity index (χ4v) is 6.67. The molecule has 0 aliphatic heterocycles. The maximum atomic E-state index is 4.93. The van der Waals surface area contributed by atoms with E-state index >= 15 is 0 Å². The molecule has 0 aromatic heterocycles. The van der Waals surface area contributed by atoms with Gasteiger partial charge in [0.15, 0.2) is 0 Å². The van der Waals surface area contributed by atoms with Gasteiger partial charge in [-0.2, -0.15) is 12.1 Å². The second-order valence-corrected chi connectivity index (χ2v) is 19.2. The zero-order valence-electron chi connectivity index (χ0n) is 31.3. The van der Waals surface area contributed by atoms with Crippen LogP contribution in [0.1, 0.15) is 68.4 Å². The van der Waals surface area contributed by atoms with Crippen molar-refractivity contribution >= 4 is 58.9 Å². The Balaban J connectivity index is 0.000000195. The van der Waals surface area contributed by atoms with Gasteiger partial charge in [0, 0.05) is 9.52 Å². The van der Waals surface area contributed by atoms with E-state index in [-0.39, 0.29) is 5.41 Å². The third-order valence-corrected chi connectivity index (χ3v) is 9.12. The molecule has 0 atom stereocenters. The first-order chi connectivity index (χ1) is 23.8. The van der Waals surface area contributed by atoms with Crippen LogP contribution in [0.25, 0.3) is 54.6 Å². The zero-order chi connectivity index (χ0) is 36.6. The van der Waals surface area contributed by atoms with Crippen molar-refractivity contribution < 1.29 is 20.8 Å². The topological polar surface area (TPSA) is 0 Å². The summed E-state index contributed by atoms with van der Waals surface area (Å²) in [5.41, 5.74) is 12.4. The molecule has 0 heterocycles. The number of halogens is 2. The molecule has 0 unspecified atom stereocenters. The van der Waals surface area contributed by atoms with Gasteiger partial charge in [0.25, 0.3) is 0 Å². The number of aryl methyl sites for hydroxylation is 3. The molecule has 0 aliphatic carbocycles. The van der Waals surface area contributed by atoms with Crippen LogP contribution in [0, 0.1) is 20.8 Å². The maximum absolute atomic E-state index is 4.93. The first-order valence-electron chi connectivity index (χ1n) is 17.3. The molecule has 0 saturated carbocycles. The van der Waals surface area contributed by atoms with Crippen LogP contribution in [-0.4, -0.2) is 9.52 Å². The first kappa shape index (κ1) is 40.0. The standard InChI is InChI=1S/C22H19.C22H25.C2H6Si.2ClH.Zr/c1-14-11-20-15(2)13-16(3)22(21(20)12-14)19-10-6-8-17-7-4-5-9-18(17)19;1-15(2)18-13-17-7-6-8-20(21(17)14-18)16-9-11-19(12-10-16)22(3,4)5;1-3-2;;;/h4-13H,1-3H3;6-15H,1-5H3;1-2H3;2*1H;/q2*-1;;;;+4/p-2. The molecule has 7 aromatic rings. The van der Waals surface area contributed by atoms with Gasteiger partial charge in [0.2, 0.25) is 0 Å². The quantitative estimate of drug-likeness (QED) is 0.123. The molecule has 7 aromatic carbocycles. The third-order valence-electron chi connectivity index (χ3n) is 9.12. The summed E-state index contributed by atoms with van der Waals surface area (Å²) in [7, 11) is 11.0. The van der Waals surface area contributed by atoms with E-state index in [1.165, 1.54) is 82.4 Å². The van der Waals surface area contributed by atoms with Crippen LogP contribution in [0.4, 0.5) is 0 Å². The van der Waals surface area contributed by atoms with Crippen molar-refractivity contribution in [3.05, 3.63) is 143 Å². The van der Waals surface area contributed by atoms with Gasteiger partial charge in [-0.05, 0) is 45.7 Å². The average molecular weight is 793 g/mol. The molecule has 50 heavy (non-hydrogen) atoms. The van der Waals surface area contributed by atoms with E-state index in [9.17, 15) is 0 Å². The van der Waals surface area contributed by atoms with E-state index in [1.54, 1.807) is 0 Å². The van der Waals surface area contributed by atoms with E-state index in [4.69, 9.17) is 17.0 Å². The minimum absolute atomic E-state index is 0.204. The molecule has 0 nitrogen and oxygen atoms in total. The Kier molecular flexibility index (Phi) is 14.5. The van der Waals surface area contributed by atoms with E-state index in [1.807, 2.05) is 0 Å². The molecule has 256 valence electrons. The van der Waals surface area contributed by atoms with Crippen LogP contribution in [0.5, 0.6) is 0 Å². The number of hydrogen-bond donors (Lipinski definition) is 0. The summed E-state index contributed by atoms with van der Waals surface area (Å²) in [6, 6.07) is 42.6. The van der Waals surface area contributed by atoms with Gasteiger partial charge in [-0.15, -0.1) is 62.5 Å². The van der Waals surface area contributed by atoms with E-state index in [0.29, 0.717) is 5.92 Å². The second-order valence-electron chi connectivity index (χ2n) is 14.4. The van der Waals surface area contributed by atoms with Crippen LogP contribution >= 0.6 is 17.0 Å². The van der Waals surface area contributed by atoms with Gasteiger partial charge in [-0.25, -0.2) is 0 Å². The molecule has 2 radical (unpaired) electrons. The van der Waals surface area contributed by atoms with Gasteiger partial charge in [-0.1, -0.05) is 157 Å². The van der Waals surface area contributed by atoms with Crippen LogP contribution in [-0.2, 0) is 26.3 Å². The van der Waals surface area contributed by atoms with Crippen LogP contribution < -0.4 is 0 Å². The van der Waals surface area contributed by atoms with Crippen molar-refractivity contribution in [3.8, 4) is 22.3 Å². The summed E-state index contributed by atoms with van der Waals surface area (Å²) < 4.78 is 0. The predicted molar refractivity (Wildman–Crippen MR) is 224 cm³/mol. The summed E-state index contributed by atoms with van der Waals surface area (Å²) in [4.78, 5) is 0. The minimum atomic E-state index is -0.826. The molecule has 4 heteroatoms. The molecular weight excluding hydrogens is 743 g/mol. The molecule has 0 spiro atoms. The van der Waals surface area contributed by atoms with Crippen molar-refractivity contribution in [1.82, 2.24) is 0 Å². The normalized spacial score (nSPS) is 11.0. The summed E-state index contributed by atoms with van der Waals surface area (Å²) in [5.74, 6) is 0.573. The molecule has 0 N–H and O–H groups in total. The van der Waals surface area contributed by atoms with Crippen molar-refractivity contribution in [2.45, 2.75) is 79.8 Å².